The van der Waals surface area contributed by atoms with Crippen LogP contribution in [0, 0.1) is 13.8 Å². The summed E-state index contributed by atoms with van der Waals surface area (Å²) in [6, 6.07) is 11.6. The van der Waals surface area contributed by atoms with Gasteiger partial charge >= 0.3 is 0 Å². The van der Waals surface area contributed by atoms with Gasteiger partial charge in [0.2, 0.25) is 0 Å². The lowest BCUT2D eigenvalue weighted by molar-refractivity contribution is 0.306. The van der Waals surface area contributed by atoms with E-state index in [2.05, 4.69) is 22.9 Å². The minimum atomic E-state index is -0.0507. The van der Waals surface area contributed by atoms with Gasteiger partial charge in [-0.05, 0) is 38.6 Å². The second-order valence-electron chi connectivity index (χ2n) is 6.51. The van der Waals surface area contributed by atoms with Crippen LogP contribution in [0.4, 0.5) is 0 Å². The molecule has 2 aromatic heterocycles. The number of hydrogen-bond donors (Lipinski definition) is 0. The molecular weight excluding hydrogens is 314 g/mol. The fourth-order valence-electron chi connectivity index (χ4n) is 2.99. The van der Waals surface area contributed by atoms with E-state index in [0.29, 0.717) is 12.2 Å². The van der Waals surface area contributed by atoms with E-state index in [0.717, 1.165) is 29.1 Å². The highest BCUT2D eigenvalue weighted by atomic mass is 16.5. The summed E-state index contributed by atoms with van der Waals surface area (Å²) in [5, 5.41) is 0. The number of rotatable bonds is 5. The van der Waals surface area contributed by atoms with E-state index < -0.39 is 0 Å². The average molecular weight is 337 g/mol. The summed E-state index contributed by atoms with van der Waals surface area (Å²) >= 11 is 0. The Morgan fingerprint density at radius 1 is 1.08 bits per heavy atom. The molecule has 25 heavy (non-hydrogen) atoms. The Kier molecular flexibility index (Phi) is 4.86. The van der Waals surface area contributed by atoms with E-state index in [9.17, 15) is 4.79 Å². The Morgan fingerprint density at radius 3 is 2.60 bits per heavy atom. The van der Waals surface area contributed by atoms with Crippen LogP contribution in [0.2, 0.25) is 0 Å². The molecule has 5 heteroatoms. The van der Waals surface area contributed by atoms with E-state index in [4.69, 9.17) is 4.74 Å². The Bertz CT molecular complexity index is 963. The fraction of sp³-hybridized carbons (Fsp3) is 0.300. The predicted molar refractivity (Wildman–Crippen MR) is 99.1 cm³/mol. The summed E-state index contributed by atoms with van der Waals surface area (Å²) in [6.07, 6.45) is 1.82. The van der Waals surface area contributed by atoms with Crippen LogP contribution in [0.25, 0.3) is 5.65 Å². The predicted octanol–water partition coefficient (Wildman–Crippen LogP) is 2.95. The summed E-state index contributed by atoms with van der Waals surface area (Å²) < 4.78 is 7.03. The molecule has 0 atom stereocenters. The van der Waals surface area contributed by atoms with Crippen LogP contribution < -0.4 is 10.3 Å². The zero-order valence-corrected chi connectivity index (χ0v) is 15.1. The molecule has 5 nitrogen and oxygen atoms in total. The lowest BCUT2D eigenvalue weighted by Gasteiger charge is -2.18. The van der Waals surface area contributed by atoms with E-state index in [1.165, 1.54) is 5.56 Å². The van der Waals surface area contributed by atoms with E-state index >= 15 is 0 Å². The lowest BCUT2D eigenvalue weighted by atomic mass is 10.1. The van der Waals surface area contributed by atoms with Crippen molar-refractivity contribution in [3.8, 4) is 5.75 Å². The number of pyridine rings is 1. The number of methoxy groups -OCH3 is 1. The highest BCUT2D eigenvalue weighted by molar-refractivity contribution is 5.40. The maximum absolute atomic E-state index is 12.3. The first-order valence-corrected chi connectivity index (χ1v) is 8.27. The molecule has 0 bridgehead atoms. The topological polar surface area (TPSA) is 46.8 Å². The largest absolute Gasteiger partial charge is 0.496 e. The molecule has 0 saturated carbocycles. The van der Waals surface area contributed by atoms with Crippen molar-refractivity contribution in [2.45, 2.75) is 26.9 Å². The molecule has 0 unspecified atom stereocenters. The number of nitrogens with zero attached hydrogens (tertiary/aromatic N) is 3. The monoisotopic (exact) mass is 337 g/mol. The Morgan fingerprint density at radius 2 is 1.84 bits per heavy atom. The van der Waals surface area contributed by atoms with Crippen LogP contribution in [0.1, 0.15) is 22.4 Å². The van der Waals surface area contributed by atoms with Gasteiger partial charge < -0.3 is 4.74 Å². The van der Waals surface area contributed by atoms with Crippen LogP contribution >= 0.6 is 0 Å². The van der Waals surface area contributed by atoms with Gasteiger partial charge in [-0.25, -0.2) is 4.98 Å². The summed E-state index contributed by atoms with van der Waals surface area (Å²) in [5.74, 6) is 0.875. The lowest BCUT2D eigenvalue weighted by Crippen LogP contribution is -2.22. The molecule has 0 aliphatic carbocycles. The van der Waals surface area contributed by atoms with Crippen molar-refractivity contribution in [2.75, 3.05) is 14.2 Å². The Labute approximate surface area is 147 Å². The van der Waals surface area contributed by atoms with E-state index in [1.807, 2.05) is 44.4 Å². The third-order valence-electron chi connectivity index (χ3n) is 4.17. The van der Waals surface area contributed by atoms with Crippen LogP contribution in [0.5, 0.6) is 5.75 Å². The van der Waals surface area contributed by atoms with Crippen molar-refractivity contribution < 1.29 is 4.74 Å². The minimum Gasteiger partial charge on any atom is -0.496 e. The first-order valence-electron chi connectivity index (χ1n) is 8.27. The average Bonchev–Trinajstić information content (AvgIpc) is 2.56. The summed E-state index contributed by atoms with van der Waals surface area (Å²) in [5.41, 5.74) is 4.75. The second kappa shape index (κ2) is 7.07. The molecule has 0 fully saturated rings. The smallest absolute Gasteiger partial charge is 0.258 e. The molecule has 3 aromatic rings. The number of hydrogen-bond acceptors (Lipinski definition) is 4. The van der Waals surface area contributed by atoms with Gasteiger partial charge in [0.25, 0.3) is 5.56 Å². The third-order valence-corrected chi connectivity index (χ3v) is 4.17. The van der Waals surface area contributed by atoms with Gasteiger partial charge in [-0.1, -0.05) is 23.8 Å². The molecular formula is C20H23N3O2. The normalized spacial score (nSPS) is 11.2. The zero-order chi connectivity index (χ0) is 18.0. The number of fused-ring (bicyclic) bond motifs is 1. The highest BCUT2D eigenvalue weighted by Crippen LogP contribution is 2.21. The van der Waals surface area contributed by atoms with Gasteiger partial charge in [-0.2, -0.15) is 0 Å². The van der Waals surface area contributed by atoms with Gasteiger partial charge in [0, 0.05) is 30.9 Å². The van der Waals surface area contributed by atoms with Crippen LogP contribution in [-0.4, -0.2) is 28.4 Å². The number of aryl methyl sites for hydroxylation is 2. The summed E-state index contributed by atoms with van der Waals surface area (Å²) in [4.78, 5) is 19.1. The maximum Gasteiger partial charge on any atom is 0.258 e. The van der Waals surface area contributed by atoms with Crippen LogP contribution in [-0.2, 0) is 13.1 Å². The third kappa shape index (κ3) is 3.88. The van der Waals surface area contributed by atoms with Crippen molar-refractivity contribution >= 4 is 5.65 Å². The number of ether oxygens (including phenoxy) is 1. The van der Waals surface area contributed by atoms with Crippen molar-refractivity contribution in [2.24, 2.45) is 0 Å². The number of aromatic nitrogens is 2. The summed E-state index contributed by atoms with van der Waals surface area (Å²) in [7, 11) is 3.70. The van der Waals surface area contributed by atoms with Crippen LogP contribution in [0.15, 0.2) is 47.4 Å². The van der Waals surface area contributed by atoms with E-state index in [-0.39, 0.29) is 5.56 Å². The molecule has 0 spiro atoms. The fourth-order valence-corrected chi connectivity index (χ4v) is 2.99. The first-order chi connectivity index (χ1) is 12.0. The minimum absolute atomic E-state index is 0.0507. The molecule has 0 aliphatic heterocycles. The molecule has 0 aliphatic rings. The molecule has 130 valence electrons. The molecule has 0 N–H and O–H groups in total. The Balaban J connectivity index is 1.83. The summed E-state index contributed by atoms with van der Waals surface area (Å²) in [6.45, 7) is 5.34. The standard InChI is InChI=1S/C20H23N3O2/c1-14-5-7-18(25-4)16(9-14)12-22(3)13-17-10-20(24)23-11-15(2)6-8-19(23)21-17/h5-11H,12-13H2,1-4H3. The van der Waals surface area contributed by atoms with Crippen LogP contribution in [0.3, 0.4) is 0 Å². The van der Waals surface area contributed by atoms with E-state index in [1.54, 1.807) is 17.6 Å². The second-order valence-corrected chi connectivity index (χ2v) is 6.51. The first kappa shape index (κ1) is 17.2. The molecule has 1 aromatic carbocycles. The van der Waals surface area contributed by atoms with Gasteiger partial charge in [0.1, 0.15) is 11.4 Å². The molecule has 0 radical (unpaired) electrons. The Hall–Kier alpha value is -2.66. The van der Waals surface area contributed by atoms with Crippen molar-refractivity contribution in [3.05, 3.63) is 75.3 Å². The van der Waals surface area contributed by atoms with Gasteiger partial charge in [0.15, 0.2) is 0 Å². The van der Waals surface area contributed by atoms with Crippen molar-refractivity contribution in [1.29, 1.82) is 0 Å². The molecule has 0 amide bonds. The highest BCUT2D eigenvalue weighted by Gasteiger charge is 2.10. The SMILES string of the molecule is COc1ccc(C)cc1CN(C)Cc1cc(=O)n2cc(C)ccc2n1. The quantitative estimate of drug-likeness (QED) is 0.718. The molecule has 3 rings (SSSR count). The van der Waals surface area contributed by atoms with Gasteiger partial charge in [0.05, 0.1) is 12.8 Å². The van der Waals surface area contributed by atoms with Gasteiger partial charge in [-0.15, -0.1) is 0 Å². The van der Waals surface area contributed by atoms with Gasteiger partial charge in [-0.3, -0.25) is 14.1 Å². The van der Waals surface area contributed by atoms with Crippen molar-refractivity contribution in [1.82, 2.24) is 14.3 Å². The van der Waals surface area contributed by atoms with Crippen molar-refractivity contribution in [3.63, 3.8) is 0 Å². The zero-order valence-electron chi connectivity index (χ0n) is 15.1. The molecule has 0 saturated heterocycles. The number of benzene rings is 1. The maximum atomic E-state index is 12.3. The molecule has 2 heterocycles.